The van der Waals surface area contributed by atoms with Crippen molar-refractivity contribution in [2.45, 2.75) is 44.1 Å². The number of hydrogen-bond acceptors (Lipinski definition) is 1. The summed E-state index contributed by atoms with van der Waals surface area (Å²) in [5.41, 5.74) is 0.570. The highest BCUT2D eigenvalue weighted by atomic mass is 19.1. The van der Waals surface area contributed by atoms with Crippen molar-refractivity contribution in [2.75, 3.05) is 0 Å². The van der Waals surface area contributed by atoms with Gasteiger partial charge in [-0.3, -0.25) is 4.79 Å². The first-order chi connectivity index (χ1) is 8.62. The van der Waals surface area contributed by atoms with E-state index in [0.29, 0.717) is 5.92 Å². The summed E-state index contributed by atoms with van der Waals surface area (Å²) < 4.78 is 12.9. The van der Waals surface area contributed by atoms with Crippen LogP contribution in [0.15, 0.2) is 24.3 Å². The van der Waals surface area contributed by atoms with Crippen molar-refractivity contribution in [1.29, 1.82) is 0 Å². The second-order valence-corrected chi connectivity index (χ2v) is 5.69. The van der Waals surface area contributed by atoms with Gasteiger partial charge in [0.15, 0.2) is 0 Å². The quantitative estimate of drug-likeness (QED) is 0.871. The summed E-state index contributed by atoms with van der Waals surface area (Å²) in [6, 6.07) is 6.63. The van der Waals surface area contributed by atoms with Crippen LogP contribution in [0.1, 0.15) is 38.2 Å². The molecular formula is C15H18FNO. The molecule has 0 aromatic heterocycles. The van der Waals surface area contributed by atoms with Crippen molar-refractivity contribution >= 4 is 5.91 Å². The monoisotopic (exact) mass is 247 g/mol. The fraction of sp³-hybridized carbons (Fsp3) is 0.533. The standard InChI is InChI=1S/C15H18FNO/c1-10(11-2-3-11)17-14(18)15(8-9-15)12-4-6-13(16)7-5-12/h4-7,10-11H,2-3,8-9H2,1H3,(H,17,18). The van der Waals surface area contributed by atoms with Crippen LogP contribution in [-0.2, 0) is 10.2 Å². The number of carbonyl (C=O) groups excluding carboxylic acids is 1. The molecule has 1 aromatic carbocycles. The van der Waals surface area contributed by atoms with Crippen LogP contribution < -0.4 is 5.32 Å². The van der Waals surface area contributed by atoms with Crippen molar-refractivity contribution in [2.24, 2.45) is 5.92 Å². The molecule has 1 N–H and O–H groups in total. The zero-order valence-corrected chi connectivity index (χ0v) is 10.6. The molecule has 2 nitrogen and oxygen atoms in total. The van der Waals surface area contributed by atoms with Gasteiger partial charge in [-0.1, -0.05) is 12.1 Å². The molecule has 1 unspecified atom stereocenters. The summed E-state index contributed by atoms with van der Waals surface area (Å²) in [6.07, 6.45) is 4.21. The van der Waals surface area contributed by atoms with Crippen LogP contribution in [0.3, 0.4) is 0 Å². The predicted octanol–water partition coefficient (Wildman–Crippen LogP) is 2.77. The van der Waals surface area contributed by atoms with E-state index in [-0.39, 0.29) is 23.2 Å². The van der Waals surface area contributed by atoms with Crippen LogP contribution in [0, 0.1) is 11.7 Å². The van der Waals surface area contributed by atoms with Gasteiger partial charge in [0.25, 0.3) is 0 Å². The van der Waals surface area contributed by atoms with E-state index in [9.17, 15) is 9.18 Å². The Morgan fingerprint density at radius 3 is 2.44 bits per heavy atom. The molecule has 1 atom stereocenters. The normalized spacial score (nSPS) is 22.3. The van der Waals surface area contributed by atoms with Crippen LogP contribution in [0.2, 0.25) is 0 Å². The second kappa shape index (κ2) is 4.08. The minimum Gasteiger partial charge on any atom is -0.353 e. The van der Waals surface area contributed by atoms with Crippen molar-refractivity contribution in [3.05, 3.63) is 35.6 Å². The molecule has 0 spiro atoms. The van der Waals surface area contributed by atoms with Crippen molar-refractivity contribution in [1.82, 2.24) is 5.32 Å². The highest BCUT2D eigenvalue weighted by Crippen LogP contribution is 2.48. The fourth-order valence-electron chi connectivity index (χ4n) is 2.60. The van der Waals surface area contributed by atoms with Gasteiger partial charge in [-0.2, -0.15) is 0 Å². The molecule has 0 saturated heterocycles. The molecule has 1 amide bonds. The highest BCUT2D eigenvalue weighted by molar-refractivity contribution is 5.91. The lowest BCUT2D eigenvalue weighted by atomic mass is 9.94. The van der Waals surface area contributed by atoms with Gasteiger partial charge in [0, 0.05) is 6.04 Å². The Morgan fingerprint density at radius 1 is 1.33 bits per heavy atom. The van der Waals surface area contributed by atoms with E-state index in [4.69, 9.17) is 0 Å². The third-order valence-electron chi connectivity index (χ3n) is 4.27. The number of nitrogens with one attached hydrogen (secondary N) is 1. The lowest BCUT2D eigenvalue weighted by molar-refractivity contribution is -0.124. The smallest absolute Gasteiger partial charge is 0.230 e. The molecule has 18 heavy (non-hydrogen) atoms. The molecule has 0 heterocycles. The van der Waals surface area contributed by atoms with Crippen LogP contribution in [-0.4, -0.2) is 11.9 Å². The van der Waals surface area contributed by atoms with E-state index in [0.717, 1.165) is 18.4 Å². The minimum absolute atomic E-state index is 0.119. The van der Waals surface area contributed by atoms with Crippen LogP contribution in [0.25, 0.3) is 0 Å². The Morgan fingerprint density at radius 2 is 1.94 bits per heavy atom. The molecule has 0 radical (unpaired) electrons. The third kappa shape index (κ3) is 2.02. The van der Waals surface area contributed by atoms with Gasteiger partial charge in [-0.25, -0.2) is 4.39 Å². The van der Waals surface area contributed by atoms with Gasteiger partial charge < -0.3 is 5.32 Å². The van der Waals surface area contributed by atoms with Gasteiger partial charge in [0.2, 0.25) is 5.91 Å². The van der Waals surface area contributed by atoms with E-state index in [1.807, 2.05) is 0 Å². The van der Waals surface area contributed by atoms with Gasteiger partial charge in [-0.15, -0.1) is 0 Å². The number of amides is 1. The molecule has 2 saturated carbocycles. The average molecular weight is 247 g/mol. The molecule has 96 valence electrons. The van der Waals surface area contributed by atoms with E-state index in [2.05, 4.69) is 12.2 Å². The summed E-state index contributed by atoms with van der Waals surface area (Å²) in [5.74, 6) is 0.535. The van der Waals surface area contributed by atoms with Crippen molar-refractivity contribution in [3.63, 3.8) is 0 Å². The molecule has 3 rings (SSSR count). The Balaban J connectivity index is 1.73. The largest absolute Gasteiger partial charge is 0.353 e. The second-order valence-electron chi connectivity index (χ2n) is 5.69. The van der Waals surface area contributed by atoms with E-state index in [1.54, 1.807) is 12.1 Å². The number of benzene rings is 1. The Bertz CT molecular complexity index is 460. The van der Waals surface area contributed by atoms with E-state index < -0.39 is 0 Å². The molecule has 2 aliphatic carbocycles. The molecule has 2 fully saturated rings. The number of carbonyl (C=O) groups is 1. The van der Waals surface area contributed by atoms with Crippen LogP contribution >= 0.6 is 0 Å². The van der Waals surface area contributed by atoms with Gasteiger partial charge in [0.05, 0.1) is 5.41 Å². The van der Waals surface area contributed by atoms with Crippen LogP contribution in [0.5, 0.6) is 0 Å². The lowest BCUT2D eigenvalue weighted by Gasteiger charge is -2.19. The zero-order valence-electron chi connectivity index (χ0n) is 10.6. The summed E-state index contributed by atoms with van der Waals surface area (Å²) in [5, 5.41) is 3.13. The predicted molar refractivity (Wildman–Crippen MR) is 67.6 cm³/mol. The first-order valence-electron chi connectivity index (χ1n) is 6.69. The van der Waals surface area contributed by atoms with Gasteiger partial charge >= 0.3 is 0 Å². The van der Waals surface area contributed by atoms with E-state index in [1.165, 1.54) is 25.0 Å². The Hall–Kier alpha value is -1.38. The number of halogens is 1. The molecule has 0 bridgehead atoms. The SMILES string of the molecule is CC(NC(=O)C1(c2ccc(F)cc2)CC1)C1CC1. The minimum atomic E-state index is -0.378. The number of hydrogen-bond donors (Lipinski definition) is 1. The number of rotatable bonds is 4. The highest BCUT2D eigenvalue weighted by Gasteiger charge is 2.51. The van der Waals surface area contributed by atoms with Crippen LogP contribution in [0.4, 0.5) is 4.39 Å². The maximum absolute atomic E-state index is 12.9. The third-order valence-corrected chi connectivity index (χ3v) is 4.27. The summed E-state index contributed by atoms with van der Waals surface area (Å²) >= 11 is 0. The first kappa shape index (κ1) is 11.7. The van der Waals surface area contributed by atoms with Crippen molar-refractivity contribution < 1.29 is 9.18 Å². The molecule has 0 aliphatic heterocycles. The lowest BCUT2D eigenvalue weighted by Crippen LogP contribution is -2.41. The molecular weight excluding hydrogens is 229 g/mol. The maximum atomic E-state index is 12.9. The summed E-state index contributed by atoms with van der Waals surface area (Å²) in [6.45, 7) is 2.08. The summed E-state index contributed by atoms with van der Waals surface area (Å²) in [4.78, 5) is 12.4. The first-order valence-corrected chi connectivity index (χ1v) is 6.69. The van der Waals surface area contributed by atoms with E-state index >= 15 is 0 Å². The fourth-order valence-corrected chi connectivity index (χ4v) is 2.60. The maximum Gasteiger partial charge on any atom is 0.230 e. The topological polar surface area (TPSA) is 29.1 Å². The molecule has 2 aliphatic rings. The molecule has 3 heteroatoms. The molecule has 1 aromatic rings. The zero-order chi connectivity index (χ0) is 12.8. The van der Waals surface area contributed by atoms with Crippen molar-refractivity contribution in [3.8, 4) is 0 Å². The average Bonchev–Trinajstić information content (AvgIpc) is 3.22. The summed E-state index contributed by atoms with van der Waals surface area (Å²) in [7, 11) is 0. The Labute approximate surface area is 107 Å². The van der Waals surface area contributed by atoms with Gasteiger partial charge in [0.1, 0.15) is 5.82 Å². The Kier molecular flexibility index (Phi) is 2.65. The van der Waals surface area contributed by atoms with Gasteiger partial charge in [-0.05, 0) is 56.2 Å².